The summed E-state index contributed by atoms with van der Waals surface area (Å²) in [5.74, 6) is -0.0183. The first-order valence-electron chi connectivity index (χ1n) is 8.91. The summed E-state index contributed by atoms with van der Waals surface area (Å²) >= 11 is 0. The van der Waals surface area contributed by atoms with E-state index in [1.54, 1.807) is 18.2 Å². The minimum atomic E-state index is -0.992. The number of hydrogen-bond donors (Lipinski definition) is 0. The average Bonchev–Trinajstić information content (AvgIpc) is 2.61. The number of hydrogen-bond acceptors (Lipinski definition) is 6. The van der Waals surface area contributed by atoms with Gasteiger partial charge in [-0.2, -0.15) is 0 Å². The molecule has 0 amide bonds. The van der Waals surface area contributed by atoms with Gasteiger partial charge in [0.1, 0.15) is 6.10 Å². The normalized spacial score (nSPS) is 19.9. The van der Waals surface area contributed by atoms with Crippen molar-refractivity contribution < 1.29 is 29.1 Å². The Balaban J connectivity index is 1.62. The molecule has 1 aliphatic carbocycles. The van der Waals surface area contributed by atoms with Crippen molar-refractivity contribution in [2.45, 2.75) is 64.9 Å². The fraction of sp³-hybridized carbons (Fsp3) is 0.579. The molecule has 138 valence electrons. The number of carbonyl (C=O) groups excluding carboxylic acids is 2. The first kappa shape index (κ1) is 19.2. The number of ether oxygens (including phenoxy) is 1. The summed E-state index contributed by atoms with van der Waals surface area (Å²) in [4.78, 5) is 32.1. The zero-order chi connectivity index (χ0) is 18.1. The second kappa shape index (κ2) is 10.0. The Kier molecular flexibility index (Phi) is 7.73. The quantitative estimate of drug-likeness (QED) is 0.396. The van der Waals surface area contributed by atoms with Crippen LogP contribution in [-0.4, -0.2) is 18.2 Å². The second-order valence-electron chi connectivity index (χ2n) is 6.54. The highest BCUT2D eigenvalue weighted by Crippen LogP contribution is 2.29. The van der Waals surface area contributed by atoms with Crippen molar-refractivity contribution in [3.8, 4) is 0 Å². The molecule has 1 aromatic carbocycles. The molecule has 0 unspecified atom stereocenters. The van der Waals surface area contributed by atoms with Crippen LogP contribution in [0.15, 0.2) is 24.3 Å². The topological polar surface area (TPSA) is 71.1 Å². The Morgan fingerprint density at radius 3 is 2.56 bits per heavy atom. The Morgan fingerprint density at radius 1 is 1.12 bits per heavy atom. The van der Waals surface area contributed by atoms with Crippen LogP contribution in [0.3, 0.4) is 0 Å². The largest absolute Gasteiger partial charge is 0.543 e. The summed E-state index contributed by atoms with van der Waals surface area (Å²) < 4.78 is 5.17. The van der Waals surface area contributed by atoms with Gasteiger partial charge in [-0.3, -0.25) is 4.89 Å². The van der Waals surface area contributed by atoms with E-state index in [1.165, 1.54) is 19.3 Å². The van der Waals surface area contributed by atoms with E-state index in [4.69, 9.17) is 4.74 Å². The number of benzene rings is 1. The highest BCUT2D eigenvalue weighted by molar-refractivity contribution is 5.89. The van der Waals surface area contributed by atoms with Crippen LogP contribution < -0.4 is 0 Å². The molecule has 1 aromatic rings. The van der Waals surface area contributed by atoms with E-state index in [0.717, 1.165) is 37.2 Å². The zero-order valence-corrected chi connectivity index (χ0v) is 14.9. The van der Waals surface area contributed by atoms with Crippen molar-refractivity contribution in [2.24, 2.45) is 5.92 Å². The molecule has 0 spiro atoms. The number of unbranched alkanes of at least 4 members (excludes halogenated alkanes) is 1. The van der Waals surface area contributed by atoms with Gasteiger partial charge in [0.25, 0.3) is 0 Å². The molecular formula is C19H26O6. The molecule has 1 fully saturated rings. The molecule has 0 saturated heterocycles. The minimum Gasteiger partial charge on any atom is -0.429 e. The Morgan fingerprint density at radius 2 is 1.88 bits per heavy atom. The van der Waals surface area contributed by atoms with Crippen LogP contribution >= 0.6 is 0 Å². The van der Waals surface area contributed by atoms with Crippen LogP contribution in [0.2, 0.25) is 0 Å². The van der Waals surface area contributed by atoms with Crippen LogP contribution in [0, 0.1) is 12.8 Å². The molecule has 0 N–H and O–H groups in total. The zero-order valence-electron chi connectivity index (χ0n) is 14.9. The molecular weight excluding hydrogens is 324 g/mol. The second-order valence-corrected chi connectivity index (χ2v) is 6.54. The molecule has 0 aromatic heterocycles. The molecule has 6 nitrogen and oxygen atoms in total. The van der Waals surface area contributed by atoms with Gasteiger partial charge in [-0.1, -0.05) is 43.9 Å². The van der Waals surface area contributed by atoms with Crippen molar-refractivity contribution in [1.82, 2.24) is 0 Å². The molecule has 0 bridgehead atoms. The van der Waals surface area contributed by atoms with Crippen molar-refractivity contribution in [2.75, 3.05) is 0 Å². The molecule has 0 heterocycles. The molecule has 0 atom stereocenters. The maximum absolute atomic E-state index is 11.7. The van der Waals surface area contributed by atoms with Gasteiger partial charge in [0.15, 0.2) is 0 Å². The third-order valence-electron chi connectivity index (χ3n) is 4.49. The predicted molar refractivity (Wildman–Crippen MR) is 90.5 cm³/mol. The fourth-order valence-electron chi connectivity index (χ4n) is 3.08. The lowest BCUT2D eigenvalue weighted by atomic mass is 9.84. The minimum absolute atomic E-state index is 0.165. The lowest BCUT2D eigenvalue weighted by molar-refractivity contribution is -0.453. The van der Waals surface area contributed by atoms with Crippen molar-refractivity contribution in [1.29, 1.82) is 0 Å². The summed E-state index contributed by atoms with van der Waals surface area (Å²) in [6.45, 7) is 4.04. The number of aryl methyl sites for hydroxylation is 1. The van der Waals surface area contributed by atoms with E-state index >= 15 is 0 Å². The van der Waals surface area contributed by atoms with E-state index in [0.29, 0.717) is 5.56 Å². The van der Waals surface area contributed by atoms with Gasteiger partial charge in [-0.15, -0.1) is 0 Å². The van der Waals surface area contributed by atoms with Crippen molar-refractivity contribution in [3.05, 3.63) is 35.4 Å². The van der Waals surface area contributed by atoms with E-state index in [2.05, 4.69) is 21.7 Å². The molecule has 1 saturated carbocycles. The van der Waals surface area contributed by atoms with Gasteiger partial charge < -0.3 is 4.74 Å². The Labute approximate surface area is 148 Å². The van der Waals surface area contributed by atoms with Crippen LogP contribution in [-0.2, 0) is 19.6 Å². The van der Waals surface area contributed by atoms with Gasteiger partial charge in [-0.05, 0) is 50.7 Å². The molecule has 0 radical (unpaired) electrons. The van der Waals surface area contributed by atoms with E-state index in [9.17, 15) is 9.59 Å². The summed E-state index contributed by atoms with van der Waals surface area (Å²) in [6.07, 6.45) is 6.31. The van der Waals surface area contributed by atoms with Gasteiger partial charge >= 0.3 is 12.1 Å². The van der Waals surface area contributed by atoms with Gasteiger partial charge in [-0.25, -0.2) is 14.5 Å². The van der Waals surface area contributed by atoms with E-state index in [1.807, 2.05) is 13.0 Å². The smallest absolute Gasteiger partial charge is 0.429 e. The van der Waals surface area contributed by atoms with Crippen molar-refractivity contribution >= 4 is 12.1 Å². The van der Waals surface area contributed by atoms with Crippen molar-refractivity contribution in [3.63, 3.8) is 0 Å². The monoisotopic (exact) mass is 350 g/mol. The fourth-order valence-corrected chi connectivity index (χ4v) is 3.08. The average molecular weight is 350 g/mol. The van der Waals surface area contributed by atoms with Crippen LogP contribution in [0.25, 0.3) is 0 Å². The van der Waals surface area contributed by atoms with Crippen LogP contribution in [0.4, 0.5) is 4.79 Å². The molecule has 6 heteroatoms. The Hall–Kier alpha value is -2.08. The summed E-state index contributed by atoms with van der Waals surface area (Å²) in [6, 6.07) is 6.79. The lowest BCUT2D eigenvalue weighted by Crippen LogP contribution is -2.25. The molecule has 0 aliphatic heterocycles. The summed E-state index contributed by atoms with van der Waals surface area (Å²) in [5, 5.41) is 4.24. The van der Waals surface area contributed by atoms with Gasteiger partial charge in [0.2, 0.25) is 0 Å². The molecule has 2 rings (SSSR count). The van der Waals surface area contributed by atoms with Crippen LogP contribution in [0.5, 0.6) is 0 Å². The SMILES string of the molecule is CCCCC1CCC(OC(=O)OOOC(=O)c2cccc(C)c2)CC1. The number of carbonyl (C=O) groups is 2. The highest BCUT2D eigenvalue weighted by atomic mass is 17.5. The summed E-state index contributed by atoms with van der Waals surface area (Å²) in [5.41, 5.74) is 1.21. The predicted octanol–water partition coefficient (Wildman–Crippen LogP) is 4.90. The lowest BCUT2D eigenvalue weighted by Gasteiger charge is -2.27. The first-order chi connectivity index (χ1) is 12.1. The molecule has 1 aliphatic rings. The van der Waals surface area contributed by atoms with E-state index < -0.39 is 12.1 Å². The number of rotatable bonds is 7. The standard InChI is InChI=1S/C19H26O6/c1-3-4-7-15-9-11-17(12-10-15)22-19(21)24-25-23-18(20)16-8-5-6-14(2)13-16/h5-6,8,13,15,17H,3-4,7,9-12H2,1-2H3. The maximum Gasteiger partial charge on any atom is 0.543 e. The van der Waals surface area contributed by atoms with Crippen LogP contribution in [0.1, 0.15) is 67.8 Å². The van der Waals surface area contributed by atoms with Gasteiger partial charge in [0, 0.05) is 0 Å². The third kappa shape index (κ3) is 6.74. The maximum atomic E-state index is 11.7. The summed E-state index contributed by atoms with van der Waals surface area (Å²) in [7, 11) is 0. The van der Waals surface area contributed by atoms with Gasteiger partial charge in [0.05, 0.1) is 10.6 Å². The Bertz CT molecular complexity index is 563. The van der Waals surface area contributed by atoms with E-state index in [-0.39, 0.29) is 6.10 Å². The third-order valence-corrected chi connectivity index (χ3v) is 4.49. The molecule has 25 heavy (non-hydrogen) atoms. The first-order valence-corrected chi connectivity index (χ1v) is 8.91. The highest BCUT2D eigenvalue weighted by Gasteiger charge is 2.24.